The predicted octanol–water partition coefficient (Wildman–Crippen LogP) is 4.66. The van der Waals surface area contributed by atoms with Crippen molar-refractivity contribution in [2.75, 3.05) is 25.6 Å². The molecule has 8 heteroatoms. The summed E-state index contributed by atoms with van der Waals surface area (Å²) in [6, 6.07) is 14.0. The van der Waals surface area contributed by atoms with Gasteiger partial charge >= 0.3 is 0 Å². The number of nitrogens with one attached hydrogen (secondary N) is 1. The molecule has 186 valence electrons. The minimum Gasteiger partial charge on any atom is -0.495 e. The first-order chi connectivity index (χ1) is 16.7. The Kier molecular flexibility index (Phi) is 10.2. The van der Waals surface area contributed by atoms with Gasteiger partial charge in [0, 0.05) is 12.1 Å². The van der Waals surface area contributed by atoms with Crippen LogP contribution in [0.1, 0.15) is 40.2 Å². The molecule has 2 aromatic carbocycles. The fourth-order valence-corrected chi connectivity index (χ4v) is 3.64. The van der Waals surface area contributed by atoms with E-state index in [-0.39, 0.29) is 30.2 Å². The average molecular weight is 480 g/mol. The van der Waals surface area contributed by atoms with Crippen molar-refractivity contribution in [1.29, 1.82) is 5.26 Å². The van der Waals surface area contributed by atoms with Crippen molar-refractivity contribution in [2.45, 2.75) is 46.7 Å². The monoisotopic (exact) mass is 479 g/mol. The van der Waals surface area contributed by atoms with Gasteiger partial charge in [0.05, 0.1) is 19.4 Å². The molecule has 35 heavy (non-hydrogen) atoms. The van der Waals surface area contributed by atoms with Crippen molar-refractivity contribution < 1.29 is 23.8 Å². The molecule has 0 saturated heterocycles. The Bertz CT molecular complexity index is 1090. The van der Waals surface area contributed by atoms with Gasteiger partial charge in [-0.15, -0.1) is 0 Å². The van der Waals surface area contributed by atoms with Crippen LogP contribution in [0.5, 0.6) is 17.2 Å². The molecule has 0 unspecified atom stereocenters. The molecule has 2 rings (SSSR count). The Labute approximate surface area is 207 Å². The summed E-state index contributed by atoms with van der Waals surface area (Å²) in [5, 5.41) is 12.3. The molecule has 2 aromatic rings. The van der Waals surface area contributed by atoms with E-state index < -0.39 is 5.91 Å². The Balaban J connectivity index is 2.23. The normalized spacial score (nSPS) is 11.1. The molecule has 8 nitrogen and oxygen atoms in total. The number of ether oxygens (including phenoxy) is 3. The first kappa shape index (κ1) is 27.3. The first-order valence-corrected chi connectivity index (χ1v) is 11.5. The zero-order valence-electron chi connectivity index (χ0n) is 21.1. The first-order valence-electron chi connectivity index (χ1n) is 11.5. The van der Waals surface area contributed by atoms with E-state index >= 15 is 0 Å². The topological polar surface area (TPSA) is 101 Å². The maximum atomic E-state index is 12.7. The van der Waals surface area contributed by atoms with Gasteiger partial charge in [-0.2, -0.15) is 5.26 Å². The minimum atomic E-state index is -0.566. The summed E-state index contributed by atoms with van der Waals surface area (Å²) >= 11 is 0. The lowest BCUT2D eigenvalue weighted by molar-refractivity contribution is -0.137. The summed E-state index contributed by atoms with van der Waals surface area (Å²) in [5.74, 6) is 0.616. The molecule has 1 N–H and O–H groups in total. The van der Waals surface area contributed by atoms with Crippen LogP contribution in [-0.4, -0.2) is 49.1 Å². The van der Waals surface area contributed by atoms with E-state index in [0.29, 0.717) is 35.1 Å². The van der Waals surface area contributed by atoms with Crippen molar-refractivity contribution in [3.05, 3.63) is 53.6 Å². The van der Waals surface area contributed by atoms with Crippen LogP contribution in [0.2, 0.25) is 0 Å². The number of nitrogens with zero attached hydrogens (tertiary/aromatic N) is 2. The van der Waals surface area contributed by atoms with Gasteiger partial charge in [-0.3, -0.25) is 9.59 Å². The quantitative estimate of drug-likeness (QED) is 0.371. The van der Waals surface area contributed by atoms with Gasteiger partial charge in [-0.1, -0.05) is 18.2 Å². The number of carbonyl (C=O) groups is 2. The van der Waals surface area contributed by atoms with Crippen LogP contribution in [0.4, 0.5) is 5.69 Å². The average Bonchev–Trinajstić information content (AvgIpc) is 2.82. The second kappa shape index (κ2) is 13.0. The molecular weight excluding hydrogens is 446 g/mol. The van der Waals surface area contributed by atoms with Crippen molar-refractivity contribution in [3.8, 4) is 23.3 Å². The van der Waals surface area contributed by atoms with E-state index in [9.17, 15) is 14.9 Å². The molecule has 0 saturated carbocycles. The van der Waals surface area contributed by atoms with Crippen LogP contribution in [0.25, 0.3) is 6.08 Å². The third kappa shape index (κ3) is 7.51. The van der Waals surface area contributed by atoms with Gasteiger partial charge in [0.2, 0.25) is 0 Å². The van der Waals surface area contributed by atoms with E-state index in [1.54, 1.807) is 47.4 Å². The largest absolute Gasteiger partial charge is 0.495 e. The predicted molar refractivity (Wildman–Crippen MR) is 135 cm³/mol. The van der Waals surface area contributed by atoms with Gasteiger partial charge in [-0.25, -0.2) is 0 Å². The maximum absolute atomic E-state index is 12.7. The van der Waals surface area contributed by atoms with Crippen LogP contribution in [0.3, 0.4) is 0 Å². The van der Waals surface area contributed by atoms with Crippen LogP contribution >= 0.6 is 0 Å². The number of nitriles is 1. The fourth-order valence-electron chi connectivity index (χ4n) is 3.64. The number of hydrogen-bond acceptors (Lipinski definition) is 6. The molecule has 0 spiro atoms. The summed E-state index contributed by atoms with van der Waals surface area (Å²) in [7, 11) is 1.50. The van der Waals surface area contributed by atoms with Gasteiger partial charge in [0.15, 0.2) is 18.1 Å². The number of benzene rings is 2. The standard InChI is InChI=1S/C27H33N3O5/c1-7-34-25-15-20(12-13-24(25)35-17-26(31)30(18(2)3)19(4)5)14-21(16-28)27(32)29-22-10-8-9-11-23(22)33-6/h8-15,18-19H,7,17H2,1-6H3,(H,29,32)/b21-14+. The lowest BCUT2D eigenvalue weighted by atomic mass is 10.1. The number of rotatable bonds is 11. The van der Waals surface area contributed by atoms with Gasteiger partial charge in [0.1, 0.15) is 17.4 Å². The highest BCUT2D eigenvalue weighted by molar-refractivity contribution is 6.10. The molecule has 0 bridgehead atoms. The second-order valence-corrected chi connectivity index (χ2v) is 8.24. The van der Waals surface area contributed by atoms with Crippen LogP contribution in [0, 0.1) is 11.3 Å². The third-order valence-corrected chi connectivity index (χ3v) is 5.05. The van der Waals surface area contributed by atoms with Crippen molar-refractivity contribution in [3.63, 3.8) is 0 Å². The molecule has 0 aliphatic heterocycles. The molecule has 0 fully saturated rings. The van der Waals surface area contributed by atoms with E-state index in [1.807, 2.05) is 40.7 Å². The number of anilines is 1. The lowest BCUT2D eigenvalue weighted by Crippen LogP contribution is -2.44. The van der Waals surface area contributed by atoms with E-state index in [0.717, 1.165) is 0 Å². The van der Waals surface area contributed by atoms with Crippen molar-refractivity contribution >= 4 is 23.6 Å². The summed E-state index contributed by atoms with van der Waals surface area (Å²) in [6.07, 6.45) is 1.46. The molecule has 0 radical (unpaired) electrons. The van der Waals surface area contributed by atoms with Gasteiger partial charge in [-0.05, 0) is 70.5 Å². The smallest absolute Gasteiger partial charge is 0.266 e. The molecule has 0 atom stereocenters. The van der Waals surface area contributed by atoms with Gasteiger partial charge in [0.25, 0.3) is 11.8 Å². The van der Waals surface area contributed by atoms with Gasteiger partial charge < -0.3 is 24.4 Å². The second-order valence-electron chi connectivity index (χ2n) is 8.24. The number of carbonyl (C=O) groups excluding carboxylic acids is 2. The molecule has 2 amide bonds. The number of hydrogen-bond donors (Lipinski definition) is 1. The highest BCUT2D eigenvalue weighted by Gasteiger charge is 2.21. The van der Waals surface area contributed by atoms with Crippen molar-refractivity contribution in [2.24, 2.45) is 0 Å². The Hall–Kier alpha value is -3.99. The Morgan fingerprint density at radius 2 is 1.71 bits per heavy atom. The highest BCUT2D eigenvalue weighted by Crippen LogP contribution is 2.30. The zero-order chi connectivity index (χ0) is 26.0. The molecule has 0 heterocycles. The Morgan fingerprint density at radius 3 is 2.31 bits per heavy atom. The van der Waals surface area contributed by atoms with Crippen LogP contribution in [0.15, 0.2) is 48.0 Å². The zero-order valence-corrected chi connectivity index (χ0v) is 21.1. The van der Waals surface area contributed by atoms with Crippen LogP contribution in [-0.2, 0) is 9.59 Å². The molecule has 0 aromatic heterocycles. The molecule has 0 aliphatic carbocycles. The van der Waals surface area contributed by atoms with E-state index in [1.165, 1.54) is 13.2 Å². The summed E-state index contributed by atoms with van der Waals surface area (Å²) in [4.78, 5) is 27.1. The van der Waals surface area contributed by atoms with Crippen LogP contribution < -0.4 is 19.5 Å². The summed E-state index contributed by atoms with van der Waals surface area (Å²) < 4.78 is 16.7. The number of para-hydroxylation sites is 2. The SMILES string of the molecule is CCOc1cc(/C=C(\C#N)C(=O)Nc2ccccc2OC)ccc1OCC(=O)N(C(C)C)C(C)C. The number of amides is 2. The molecule has 0 aliphatic rings. The van der Waals surface area contributed by atoms with E-state index in [2.05, 4.69) is 5.32 Å². The summed E-state index contributed by atoms with van der Waals surface area (Å²) in [5.41, 5.74) is 0.943. The maximum Gasteiger partial charge on any atom is 0.266 e. The summed E-state index contributed by atoms with van der Waals surface area (Å²) in [6.45, 7) is 9.92. The third-order valence-electron chi connectivity index (χ3n) is 5.05. The fraction of sp³-hybridized carbons (Fsp3) is 0.370. The Morgan fingerprint density at radius 1 is 1.03 bits per heavy atom. The minimum absolute atomic E-state index is 0.0522. The lowest BCUT2D eigenvalue weighted by Gasteiger charge is -2.30. The van der Waals surface area contributed by atoms with E-state index in [4.69, 9.17) is 14.2 Å². The van der Waals surface area contributed by atoms with Crippen molar-refractivity contribution in [1.82, 2.24) is 4.90 Å². The highest BCUT2D eigenvalue weighted by atomic mass is 16.5. The molecular formula is C27H33N3O5. The number of methoxy groups -OCH3 is 1.